The average Bonchev–Trinajstić information content (AvgIpc) is 2.84. The summed E-state index contributed by atoms with van der Waals surface area (Å²) in [6.07, 6.45) is 2.90. The van der Waals surface area contributed by atoms with Gasteiger partial charge < -0.3 is 14.6 Å². The zero-order valence-electron chi connectivity index (χ0n) is 10.5. The topological polar surface area (TPSA) is 72.8 Å². The molecule has 0 radical (unpaired) electrons. The molecule has 5 atom stereocenters. The smallest absolute Gasteiger partial charge is 0.302 e. The SMILES string of the molecule is CC(=O)C[C@H](O)[C@H]1[C@@H](COC(C)=O)[C@@H]2C=C[C@H]1O2. The third-order valence-corrected chi connectivity index (χ3v) is 3.52. The fourth-order valence-corrected chi connectivity index (χ4v) is 2.77. The van der Waals surface area contributed by atoms with Gasteiger partial charge in [-0.15, -0.1) is 0 Å². The Morgan fingerprint density at radius 2 is 2.00 bits per heavy atom. The number of hydrogen-bond acceptors (Lipinski definition) is 5. The average molecular weight is 254 g/mol. The molecular formula is C13H18O5. The molecule has 0 amide bonds. The molecule has 2 bridgehead atoms. The van der Waals surface area contributed by atoms with E-state index in [-0.39, 0.29) is 48.8 Å². The van der Waals surface area contributed by atoms with E-state index in [4.69, 9.17) is 9.47 Å². The molecule has 0 saturated carbocycles. The Hall–Kier alpha value is -1.20. The van der Waals surface area contributed by atoms with Crippen LogP contribution in [0.25, 0.3) is 0 Å². The van der Waals surface area contributed by atoms with Crippen molar-refractivity contribution >= 4 is 11.8 Å². The second-order valence-electron chi connectivity index (χ2n) is 4.97. The molecule has 1 saturated heterocycles. The van der Waals surface area contributed by atoms with Crippen molar-refractivity contribution in [1.29, 1.82) is 0 Å². The Labute approximate surface area is 106 Å². The summed E-state index contributed by atoms with van der Waals surface area (Å²) in [5, 5.41) is 10.1. The highest BCUT2D eigenvalue weighted by molar-refractivity contribution is 5.76. The van der Waals surface area contributed by atoms with E-state index < -0.39 is 6.10 Å². The second kappa shape index (κ2) is 5.20. The van der Waals surface area contributed by atoms with Crippen molar-refractivity contribution in [3.05, 3.63) is 12.2 Å². The van der Waals surface area contributed by atoms with Crippen LogP contribution in [0.3, 0.4) is 0 Å². The van der Waals surface area contributed by atoms with Crippen molar-refractivity contribution in [3.63, 3.8) is 0 Å². The molecule has 0 aromatic heterocycles. The quantitative estimate of drug-likeness (QED) is 0.570. The van der Waals surface area contributed by atoms with Crippen LogP contribution in [-0.4, -0.2) is 41.8 Å². The van der Waals surface area contributed by atoms with Gasteiger partial charge in [0, 0.05) is 25.2 Å². The molecule has 2 rings (SSSR count). The van der Waals surface area contributed by atoms with Gasteiger partial charge in [-0.05, 0) is 6.92 Å². The van der Waals surface area contributed by atoms with Crippen molar-refractivity contribution in [2.45, 2.75) is 38.6 Å². The number of fused-ring (bicyclic) bond motifs is 2. The van der Waals surface area contributed by atoms with Crippen molar-refractivity contribution in [2.24, 2.45) is 11.8 Å². The number of aliphatic hydroxyl groups is 1. The highest BCUT2D eigenvalue weighted by Gasteiger charge is 2.49. The minimum absolute atomic E-state index is 0.0551. The van der Waals surface area contributed by atoms with Crippen molar-refractivity contribution in [1.82, 2.24) is 0 Å². The van der Waals surface area contributed by atoms with E-state index in [0.717, 1.165) is 0 Å². The normalized spacial score (nSPS) is 34.6. The highest BCUT2D eigenvalue weighted by Crippen LogP contribution is 2.41. The third-order valence-electron chi connectivity index (χ3n) is 3.52. The minimum atomic E-state index is -0.747. The monoisotopic (exact) mass is 254 g/mol. The first kappa shape index (κ1) is 13.2. The van der Waals surface area contributed by atoms with Crippen LogP contribution in [0.4, 0.5) is 0 Å². The molecule has 2 heterocycles. The largest absolute Gasteiger partial charge is 0.465 e. The number of aliphatic hydroxyl groups excluding tert-OH is 1. The molecule has 18 heavy (non-hydrogen) atoms. The molecule has 0 spiro atoms. The molecule has 0 aromatic rings. The first-order valence-electron chi connectivity index (χ1n) is 6.13. The van der Waals surface area contributed by atoms with Crippen molar-refractivity contribution in [2.75, 3.05) is 6.61 Å². The molecule has 2 aliphatic rings. The van der Waals surface area contributed by atoms with Crippen molar-refractivity contribution < 1.29 is 24.2 Å². The Balaban J connectivity index is 2.03. The lowest BCUT2D eigenvalue weighted by Gasteiger charge is -2.28. The van der Waals surface area contributed by atoms with Gasteiger partial charge in [-0.3, -0.25) is 9.59 Å². The lowest BCUT2D eigenvalue weighted by Crippen LogP contribution is -2.38. The molecule has 5 heteroatoms. The van der Waals surface area contributed by atoms with E-state index >= 15 is 0 Å². The van der Waals surface area contributed by atoms with Gasteiger partial charge in [0.25, 0.3) is 0 Å². The van der Waals surface area contributed by atoms with Gasteiger partial charge in [0.05, 0.1) is 24.9 Å². The van der Waals surface area contributed by atoms with Crippen LogP contribution in [0.1, 0.15) is 20.3 Å². The number of esters is 1. The van der Waals surface area contributed by atoms with Gasteiger partial charge in [0.1, 0.15) is 5.78 Å². The van der Waals surface area contributed by atoms with Crippen LogP contribution < -0.4 is 0 Å². The van der Waals surface area contributed by atoms with E-state index in [1.807, 2.05) is 12.2 Å². The standard InChI is InChI=1S/C13H18O5/c1-7(14)5-10(16)13-9(6-17-8(2)15)11-3-4-12(13)18-11/h3-4,9-13,16H,5-6H2,1-2H3/t9-,10-,11-,12+,13+/m0/s1. The first-order valence-corrected chi connectivity index (χ1v) is 6.13. The first-order chi connectivity index (χ1) is 8.49. The van der Waals surface area contributed by atoms with Crippen LogP contribution in [0.5, 0.6) is 0 Å². The summed E-state index contributed by atoms with van der Waals surface area (Å²) in [5.74, 6) is -0.649. The maximum absolute atomic E-state index is 11.1. The summed E-state index contributed by atoms with van der Waals surface area (Å²) in [6, 6.07) is 0. The summed E-state index contributed by atoms with van der Waals surface area (Å²) in [4.78, 5) is 21.9. The number of hydrogen-bond donors (Lipinski definition) is 1. The number of Topliss-reactive ketones (excluding diaryl/α,β-unsaturated/α-hetero) is 1. The predicted octanol–water partition coefficient (Wildman–Crippen LogP) is 0.459. The third kappa shape index (κ3) is 2.62. The van der Waals surface area contributed by atoms with E-state index in [2.05, 4.69) is 0 Å². The number of ketones is 1. The van der Waals surface area contributed by atoms with Crippen molar-refractivity contribution in [3.8, 4) is 0 Å². The lowest BCUT2D eigenvalue weighted by molar-refractivity contribution is -0.143. The molecule has 1 N–H and O–H groups in total. The predicted molar refractivity (Wildman–Crippen MR) is 62.7 cm³/mol. The van der Waals surface area contributed by atoms with E-state index in [1.54, 1.807) is 0 Å². The van der Waals surface area contributed by atoms with Crippen LogP contribution in [0.15, 0.2) is 12.2 Å². The summed E-state index contributed by atoms with van der Waals surface area (Å²) < 4.78 is 10.7. The summed E-state index contributed by atoms with van der Waals surface area (Å²) in [6.45, 7) is 3.03. The van der Waals surface area contributed by atoms with Gasteiger partial charge in [-0.2, -0.15) is 0 Å². The van der Waals surface area contributed by atoms with Crippen LogP contribution in [0, 0.1) is 11.8 Å². The maximum Gasteiger partial charge on any atom is 0.302 e. The molecule has 2 aliphatic heterocycles. The molecule has 5 nitrogen and oxygen atoms in total. The molecule has 1 fully saturated rings. The van der Waals surface area contributed by atoms with Crippen LogP contribution in [-0.2, 0) is 19.1 Å². The lowest BCUT2D eigenvalue weighted by atomic mass is 9.78. The zero-order chi connectivity index (χ0) is 13.3. The Bertz CT molecular complexity index is 376. The van der Waals surface area contributed by atoms with Crippen LogP contribution in [0.2, 0.25) is 0 Å². The molecule has 0 unspecified atom stereocenters. The summed E-state index contributed by atoms with van der Waals surface area (Å²) >= 11 is 0. The van der Waals surface area contributed by atoms with Gasteiger partial charge in [0.2, 0.25) is 0 Å². The highest BCUT2D eigenvalue weighted by atomic mass is 16.5. The van der Waals surface area contributed by atoms with Gasteiger partial charge in [-0.25, -0.2) is 0 Å². The minimum Gasteiger partial charge on any atom is -0.465 e. The number of ether oxygens (including phenoxy) is 2. The Kier molecular flexibility index (Phi) is 3.82. The summed E-state index contributed by atoms with van der Waals surface area (Å²) in [5.41, 5.74) is 0. The Morgan fingerprint density at radius 1 is 1.33 bits per heavy atom. The number of carbonyl (C=O) groups excluding carboxylic acids is 2. The van der Waals surface area contributed by atoms with Crippen LogP contribution >= 0.6 is 0 Å². The maximum atomic E-state index is 11.1. The van der Waals surface area contributed by atoms with E-state index in [1.165, 1.54) is 13.8 Å². The molecule has 100 valence electrons. The number of carbonyl (C=O) groups is 2. The van der Waals surface area contributed by atoms with E-state index in [9.17, 15) is 14.7 Å². The summed E-state index contributed by atoms with van der Waals surface area (Å²) in [7, 11) is 0. The van der Waals surface area contributed by atoms with E-state index in [0.29, 0.717) is 0 Å². The number of rotatable bonds is 5. The molecule has 0 aromatic carbocycles. The van der Waals surface area contributed by atoms with Gasteiger partial charge in [0.15, 0.2) is 0 Å². The molecular weight excluding hydrogens is 236 g/mol. The second-order valence-corrected chi connectivity index (χ2v) is 4.97. The fraction of sp³-hybridized carbons (Fsp3) is 0.692. The zero-order valence-corrected chi connectivity index (χ0v) is 10.5. The fourth-order valence-electron chi connectivity index (χ4n) is 2.77. The Morgan fingerprint density at radius 3 is 2.61 bits per heavy atom. The van der Waals surface area contributed by atoms with Gasteiger partial charge in [-0.1, -0.05) is 12.2 Å². The van der Waals surface area contributed by atoms with Gasteiger partial charge >= 0.3 is 5.97 Å². The molecule has 0 aliphatic carbocycles.